The Morgan fingerprint density at radius 1 is 1.36 bits per heavy atom. The number of halogens is 1. The van der Waals surface area contributed by atoms with Gasteiger partial charge in [0.1, 0.15) is 5.70 Å². The van der Waals surface area contributed by atoms with E-state index < -0.39 is 0 Å². The Balaban J connectivity index is 2.95. The van der Waals surface area contributed by atoms with Gasteiger partial charge in [0, 0.05) is 35.8 Å². The lowest BCUT2D eigenvalue weighted by Gasteiger charge is -2.18. The van der Waals surface area contributed by atoms with Crippen molar-refractivity contribution >= 4 is 23.2 Å². The largest absolute Gasteiger partial charge is 0.396 e. The van der Waals surface area contributed by atoms with Crippen LogP contribution >= 0.6 is 11.6 Å². The first-order valence-corrected chi connectivity index (χ1v) is 8.91. The van der Waals surface area contributed by atoms with Gasteiger partial charge in [-0.25, -0.2) is 0 Å². The summed E-state index contributed by atoms with van der Waals surface area (Å²) < 4.78 is 0. The summed E-state index contributed by atoms with van der Waals surface area (Å²) in [6.07, 6.45) is 2.54. The van der Waals surface area contributed by atoms with Crippen LogP contribution < -0.4 is 11.1 Å². The number of rotatable bonds is 9. The molecule has 1 aromatic carbocycles. The fraction of sp³-hybridized carbons (Fsp3) is 0.474. The second-order valence-corrected chi connectivity index (χ2v) is 6.43. The molecule has 0 heterocycles. The van der Waals surface area contributed by atoms with Crippen LogP contribution in [-0.2, 0) is 11.3 Å². The van der Waals surface area contributed by atoms with Crippen molar-refractivity contribution in [2.75, 3.05) is 13.7 Å². The molecule has 1 amide bonds. The zero-order valence-electron chi connectivity index (χ0n) is 15.2. The van der Waals surface area contributed by atoms with Crippen molar-refractivity contribution in [3.63, 3.8) is 0 Å². The molecule has 0 spiro atoms. The molecule has 1 rings (SSSR count). The van der Waals surface area contributed by atoms with Crippen molar-refractivity contribution in [1.82, 2.24) is 5.32 Å². The lowest BCUT2D eigenvalue weighted by Crippen LogP contribution is -2.32. The van der Waals surface area contributed by atoms with E-state index in [1.807, 2.05) is 19.1 Å². The zero-order valence-corrected chi connectivity index (χ0v) is 15.9. The Morgan fingerprint density at radius 3 is 2.52 bits per heavy atom. The fourth-order valence-electron chi connectivity index (χ4n) is 2.51. The van der Waals surface area contributed by atoms with E-state index in [4.69, 9.17) is 17.3 Å². The third-order valence-corrected chi connectivity index (χ3v) is 4.26. The Morgan fingerprint density at radius 2 is 2.00 bits per heavy atom. The summed E-state index contributed by atoms with van der Waals surface area (Å²) in [5.74, 6) is -0.494. The number of hydrogen-bond donors (Lipinski definition) is 3. The Kier molecular flexibility index (Phi) is 9.24. The van der Waals surface area contributed by atoms with Gasteiger partial charge in [-0.1, -0.05) is 44.0 Å². The molecule has 25 heavy (non-hydrogen) atoms. The first-order valence-electron chi connectivity index (χ1n) is 8.53. The van der Waals surface area contributed by atoms with Gasteiger partial charge in [0.05, 0.1) is 6.61 Å². The van der Waals surface area contributed by atoms with Crippen LogP contribution in [0.5, 0.6) is 0 Å². The maximum atomic E-state index is 12.5. The average molecular weight is 366 g/mol. The average Bonchev–Trinajstić information content (AvgIpc) is 2.63. The maximum Gasteiger partial charge on any atom is 0.267 e. The number of aliphatic imine (C=N–C) groups is 1. The number of benzene rings is 1. The van der Waals surface area contributed by atoms with Gasteiger partial charge >= 0.3 is 0 Å². The van der Waals surface area contributed by atoms with E-state index in [-0.39, 0.29) is 24.1 Å². The topological polar surface area (TPSA) is 87.7 Å². The second-order valence-electron chi connectivity index (χ2n) is 6.00. The predicted molar refractivity (Wildman–Crippen MR) is 104 cm³/mol. The minimum absolute atomic E-state index is 0.0397. The summed E-state index contributed by atoms with van der Waals surface area (Å²) in [7, 11) is 1.66. The minimum Gasteiger partial charge on any atom is -0.396 e. The van der Waals surface area contributed by atoms with Crippen LogP contribution in [0, 0.1) is 5.92 Å². The molecule has 0 fully saturated rings. The van der Waals surface area contributed by atoms with Gasteiger partial charge in [0.25, 0.3) is 5.91 Å². The van der Waals surface area contributed by atoms with Crippen LogP contribution in [0.3, 0.4) is 0 Å². The number of carbonyl (C=O) groups excluding carboxylic acids is 1. The number of allylic oxidation sites excluding steroid dienone is 1. The number of hydrogen-bond acceptors (Lipinski definition) is 4. The molecule has 4 N–H and O–H groups in total. The van der Waals surface area contributed by atoms with Crippen molar-refractivity contribution in [3.8, 4) is 0 Å². The monoisotopic (exact) mass is 365 g/mol. The van der Waals surface area contributed by atoms with Gasteiger partial charge in [-0.3, -0.25) is 9.79 Å². The fourth-order valence-corrected chi connectivity index (χ4v) is 2.64. The molecule has 1 unspecified atom stereocenters. The molecule has 5 nitrogen and oxygen atoms in total. The van der Waals surface area contributed by atoms with Gasteiger partial charge in [-0.2, -0.15) is 0 Å². The molecule has 0 bridgehead atoms. The Bertz CT molecular complexity index is 624. The highest BCUT2D eigenvalue weighted by Gasteiger charge is 2.20. The highest BCUT2D eigenvalue weighted by Crippen LogP contribution is 2.18. The standard InChI is InChI=1S/C19H28ClN3O2/c1-4-5-6-16(18(22-3)13(2)12-24)17(21)19(25)23-11-14-7-9-15(20)10-8-14/h7-10,13,24H,4-6,11-12,21H2,1-3H3,(H,23,25)/b17-16-,22-18?. The smallest absolute Gasteiger partial charge is 0.267 e. The lowest BCUT2D eigenvalue weighted by atomic mass is 9.93. The Labute approximate surface area is 155 Å². The molecule has 0 saturated heterocycles. The molecule has 1 aromatic rings. The van der Waals surface area contributed by atoms with Crippen LogP contribution in [0.15, 0.2) is 40.5 Å². The molecule has 0 radical (unpaired) electrons. The van der Waals surface area contributed by atoms with Crippen LogP contribution in [-0.4, -0.2) is 30.4 Å². The van der Waals surface area contributed by atoms with E-state index in [2.05, 4.69) is 17.2 Å². The third-order valence-electron chi connectivity index (χ3n) is 4.01. The van der Waals surface area contributed by atoms with Gasteiger partial charge in [-0.15, -0.1) is 0 Å². The van der Waals surface area contributed by atoms with E-state index in [1.54, 1.807) is 19.2 Å². The van der Waals surface area contributed by atoms with Crippen molar-refractivity contribution in [1.29, 1.82) is 0 Å². The molecule has 0 aliphatic carbocycles. The van der Waals surface area contributed by atoms with Crippen molar-refractivity contribution in [3.05, 3.63) is 46.1 Å². The lowest BCUT2D eigenvalue weighted by molar-refractivity contribution is -0.117. The zero-order chi connectivity index (χ0) is 18.8. The Hall–Kier alpha value is -1.85. The molecule has 0 aliphatic heterocycles. The molecular weight excluding hydrogens is 338 g/mol. The van der Waals surface area contributed by atoms with Crippen LogP contribution in [0.4, 0.5) is 0 Å². The summed E-state index contributed by atoms with van der Waals surface area (Å²) in [5.41, 5.74) is 8.66. The number of aliphatic hydroxyl groups excluding tert-OH is 1. The highest BCUT2D eigenvalue weighted by molar-refractivity contribution is 6.30. The van der Waals surface area contributed by atoms with Crippen LogP contribution in [0.25, 0.3) is 0 Å². The van der Waals surface area contributed by atoms with Gasteiger partial charge in [0.15, 0.2) is 0 Å². The molecule has 138 valence electrons. The SMILES string of the molecule is CCCC/C(C(=NC)C(C)CO)=C(/N)C(=O)NCc1ccc(Cl)cc1. The number of nitrogens with zero attached hydrogens (tertiary/aromatic N) is 1. The summed E-state index contributed by atoms with van der Waals surface area (Å²) in [4.78, 5) is 16.7. The molecule has 0 aliphatic rings. The first kappa shape index (κ1) is 21.2. The van der Waals surface area contributed by atoms with Crippen LogP contribution in [0.1, 0.15) is 38.7 Å². The van der Waals surface area contributed by atoms with E-state index in [0.717, 1.165) is 24.0 Å². The van der Waals surface area contributed by atoms with Crippen molar-refractivity contribution < 1.29 is 9.90 Å². The van der Waals surface area contributed by atoms with E-state index in [0.29, 0.717) is 23.7 Å². The van der Waals surface area contributed by atoms with Crippen LogP contribution in [0.2, 0.25) is 5.02 Å². The normalized spacial score (nSPS) is 14.0. The maximum absolute atomic E-state index is 12.5. The van der Waals surface area contributed by atoms with Crippen molar-refractivity contribution in [2.24, 2.45) is 16.6 Å². The molecule has 6 heteroatoms. The summed E-state index contributed by atoms with van der Waals surface area (Å²) >= 11 is 5.86. The summed E-state index contributed by atoms with van der Waals surface area (Å²) in [6.45, 7) is 4.27. The minimum atomic E-state index is -0.327. The molecule has 1 atom stereocenters. The van der Waals surface area contributed by atoms with E-state index >= 15 is 0 Å². The number of nitrogens with one attached hydrogen (secondary N) is 1. The van der Waals surface area contributed by atoms with E-state index in [9.17, 15) is 9.90 Å². The van der Waals surface area contributed by atoms with Gasteiger partial charge in [-0.05, 0) is 30.5 Å². The number of aliphatic hydroxyl groups is 1. The van der Waals surface area contributed by atoms with Gasteiger partial charge < -0.3 is 16.2 Å². The predicted octanol–water partition coefficient (Wildman–Crippen LogP) is 3.06. The van der Waals surface area contributed by atoms with Crippen molar-refractivity contribution in [2.45, 2.75) is 39.7 Å². The number of carbonyl (C=O) groups is 1. The molecular formula is C19H28ClN3O2. The van der Waals surface area contributed by atoms with E-state index in [1.165, 1.54) is 0 Å². The second kappa shape index (κ2) is 10.9. The first-order chi connectivity index (χ1) is 11.9. The summed E-state index contributed by atoms with van der Waals surface area (Å²) in [5, 5.41) is 12.9. The molecule has 0 saturated carbocycles. The number of amides is 1. The van der Waals surface area contributed by atoms with Gasteiger partial charge in [0.2, 0.25) is 0 Å². The quantitative estimate of drug-likeness (QED) is 0.464. The number of nitrogens with two attached hydrogens (primary N) is 1. The summed E-state index contributed by atoms with van der Waals surface area (Å²) in [6, 6.07) is 7.26. The third kappa shape index (κ3) is 6.52. The highest BCUT2D eigenvalue weighted by atomic mass is 35.5. The number of unbranched alkanes of at least 4 members (excludes halogenated alkanes) is 1. The molecule has 0 aromatic heterocycles.